The van der Waals surface area contributed by atoms with Gasteiger partial charge in [0.2, 0.25) is 5.96 Å². The van der Waals surface area contributed by atoms with E-state index in [0.717, 1.165) is 0 Å². The van der Waals surface area contributed by atoms with Crippen molar-refractivity contribution in [3.05, 3.63) is 16.6 Å². The minimum absolute atomic E-state index is 0.0838. The monoisotopic (exact) mass is 301 g/mol. The van der Waals surface area contributed by atoms with Gasteiger partial charge >= 0.3 is 0 Å². The maximum Gasteiger partial charge on any atom is 0.223 e. The summed E-state index contributed by atoms with van der Waals surface area (Å²) in [5, 5.41) is 9.72. The first-order chi connectivity index (χ1) is 7.93. The van der Waals surface area contributed by atoms with Gasteiger partial charge in [0.25, 0.3) is 0 Å². The molecule has 0 radical (unpaired) electrons. The normalized spacial score (nSPS) is 11.1. The Kier molecular flexibility index (Phi) is 4.16. The molecule has 0 spiro atoms. The number of nitrogens with zero attached hydrogens (tertiary/aromatic N) is 2. The molecule has 0 saturated carbocycles. The lowest BCUT2D eigenvalue weighted by Crippen LogP contribution is -2.26. The smallest absolute Gasteiger partial charge is 0.223 e. The van der Waals surface area contributed by atoms with E-state index in [1.54, 1.807) is 6.07 Å². The molecular formula is C9H12BrN5O2. The topological polar surface area (TPSA) is 132 Å². The summed E-state index contributed by atoms with van der Waals surface area (Å²) in [5.74, 6) is 0.0404. The van der Waals surface area contributed by atoms with Crippen LogP contribution in [0.2, 0.25) is 0 Å². The van der Waals surface area contributed by atoms with Crippen LogP contribution < -0.4 is 21.9 Å². The molecule has 7 N–H and O–H groups in total. The predicted octanol–water partition coefficient (Wildman–Crippen LogP) is 0.383. The van der Waals surface area contributed by atoms with Crippen LogP contribution in [0.5, 0.6) is 11.5 Å². The molecule has 0 aromatic heterocycles. The Morgan fingerprint density at radius 3 is 2.53 bits per heavy atom. The van der Waals surface area contributed by atoms with Gasteiger partial charge in [-0.05, 0) is 22.0 Å². The van der Waals surface area contributed by atoms with E-state index < -0.39 is 0 Å². The molecule has 0 amide bonds. The number of methoxy groups -OCH3 is 1. The molecule has 1 rings (SSSR count). The van der Waals surface area contributed by atoms with Gasteiger partial charge in [0.15, 0.2) is 11.7 Å². The lowest BCUT2D eigenvalue weighted by molar-refractivity contribution is 0.412. The maximum absolute atomic E-state index is 9.72. The third-order valence-corrected chi connectivity index (χ3v) is 2.34. The Hall–Kier alpha value is -1.96. The Labute approximate surface area is 106 Å². The molecule has 0 atom stereocenters. The van der Waals surface area contributed by atoms with Gasteiger partial charge in [0.05, 0.1) is 11.6 Å². The van der Waals surface area contributed by atoms with Gasteiger partial charge in [-0.1, -0.05) is 0 Å². The van der Waals surface area contributed by atoms with Crippen LogP contribution >= 0.6 is 15.9 Å². The van der Waals surface area contributed by atoms with Crippen molar-refractivity contribution in [3.63, 3.8) is 0 Å². The summed E-state index contributed by atoms with van der Waals surface area (Å²) in [4.78, 5) is 7.39. The van der Waals surface area contributed by atoms with Crippen molar-refractivity contribution in [2.45, 2.75) is 0 Å². The Bertz CT molecular complexity index is 483. The zero-order valence-corrected chi connectivity index (χ0v) is 10.6. The molecule has 0 heterocycles. The summed E-state index contributed by atoms with van der Waals surface area (Å²) in [7, 11) is 1.49. The SMILES string of the molecule is COc1cc(Br)c(O)c(N=C(N)N=C(N)N)c1. The second-order valence-electron chi connectivity index (χ2n) is 2.98. The summed E-state index contributed by atoms with van der Waals surface area (Å²) in [5.41, 5.74) is 15.9. The van der Waals surface area contributed by atoms with E-state index in [9.17, 15) is 5.11 Å². The molecule has 1 aromatic rings. The van der Waals surface area contributed by atoms with E-state index in [1.807, 2.05) is 0 Å². The number of phenolic OH excluding ortho intramolecular Hbond substituents is 1. The highest BCUT2D eigenvalue weighted by molar-refractivity contribution is 9.10. The van der Waals surface area contributed by atoms with E-state index in [2.05, 4.69) is 25.9 Å². The van der Waals surface area contributed by atoms with Gasteiger partial charge in [-0.25, -0.2) is 4.99 Å². The second-order valence-corrected chi connectivity index (χ2v) is 3.84. The van der Waals surface area contributed by atoms with E-state index >= 15 is 0 Å². The number of ether oxygens (including phenoxy) is 1. The number of guanidine groups is 2. The van der Waals surface area contributed by atoms with Gasteiger partial charge < -0.3 is 27.0 Å². The minimum atomic E-state index is -0.215. The summed E-state index contributed by atoms with van der Waals surface area (Å²) < 4.78 is 5.44. The average molecular weight is 302 g/mol. The van der Waals surface area contributed by atoms with E-state index in [4.69, 9.17) is 21.9 Å². The zero-order valence-electron chi connectivity index (χ0n) is 9.01. The molecule has 0 unspecified atom stereocenters. The van der Waals surface area contributed by atoms with Crippen molar-refractivity contribution >= 4 is 33.5 Å². The van der Waals surface area contributed by atoms with E-state index in [0.29, 0.717) is 10.2 Å². The van der Waals surface area contributed by atoms with Crippen molar-refractivity contribution < 1.29 is 9.84 Å². The molecular weight excluding hydrogens is 290 g/mol. The third-order valence-electron chi connectivity index (χ3n) is 1.73. The summed E-state index contributed by atoms with van der Waals surface area (Å²) in [6.45, 7) is 0. The van der Waals surface area contributed by atoms with Crippen molar-refractivity contribution in [1.29, 1.82) is 0 Å². The van der Waals surface area contributed by atoms with Gasteiger partial charge in [-0.2, -0.15) is 4.99 Å². The van der Waals surface area contributed by atoms with Crippen molar-refractivity contribution in [1.82, 2.24) is 0 Å². The van der Waals surface area contributed by atoms with Gasteiger partial charge in [0.1, 0.15) is 11.4 Å². The number of aromatic hydroxyl groups is 1. The molecule has 1 aromatic carbocycles. The number of aliphatic imine (C=N–C) groups is 2. The molecule has 0 aliphatic rings. The fourth-order valence-electron chi connectivity index (χ4n) is 1.04. The minimum Gasteiger partial charge on any atom is -0.505 e. The number of halogens is 1. The molecule has 92 valence electrons. The number of hydrogen-bond acceptors (Lipinski definition) is 3. The largest absolute Gasteiger partial charge is 0.505 e. The molecule has 0 fully saturated rings. The first kappa shape index (κ1) is 13.1. The quantitative estimate of drug-likeness (QED) is 0.463. The van der Waals surface area contributed by atoms with Crippen LogP contribution in [-0.2, 0) is 0 Å². The fourth-order valence-corrected chi connectivity index (χ4v) is 1.47. The number of nitrogens with two attached hydrogens (primary N) is 3. The zero-order chi connectivity index (χ0) is 13.0. The van der Waals surface area contributed by atoms with Gasteiger partial charge in [0, 0.05) is 6.07 Å². The van der Waals surface area contributed by atoms with Crippen molar-refractivity contribution in [2.75, 3.05) is 7.11 Å². The van der Waals surface area contributed by atoms with Crippen LogP contribution in [0, 0.1) is 0 Å². The molecule has 0 aliphatic carbocycles. The number of phenols is 1. The number of benzene rings is 1. The first-order valence-electron chi connectivity index (χ1n) is 4.44. The average Bonchev–Trinajstić information content (AvgIpc) is 2.23. The Morgan fingerprint density at radius 1 is 1.35 bits per heavy atom. The maximum atomic E-state index is 9.72. The number of hydrogen-bond donors (Lipinski definition) is 4. The lowest BCUT2D eigenvalue weighted by atomic mass is 10.3. The van der Waals surface area contributed by atoms with Crippen LogP contribution in [0.25, 0.3) is 0 Å². The molecule has 0 aliphatic heterocycles. The number of rotatable bonds is 2. The van der Waals surface area contributed by atoms with E-state index in [1.165, 1.54) is 13.2 Å². The van der Waals surface area contributed by atoms with Crippen LogP contribution in [0.1, 0.15) is 0 Å². The highest BCUT2D eigenvalue weighted by Gasteiger charge is 2.08. The third kappa shape index (κ3) is 3.52. The molecule has 0 bridgehead atoms. The highest BCUT2D eigenvalue weighted by atomic mass is 79.9. The predicted molar refractivity (Wildman–Crippen MR) is 69.5 cm³/mol. The Morgan fingerprint density at radius 2 is 2.00 bits per heavy atom. The van der Waals surface area contributed by atoms with Crippen LogP contribution in [-0.4, -0.2) is 24.1 Å². The molecule has 17 heavy (non-hydrogen) atoms. The second kappa shape index (κ2) is 5.39. The summed E-state index contributed by atoms with van der Waals surface area (Å²) in [6, 6.07) is 3.08. The van der Waals surface area contributed by atoms with E-state index in [-0.39, 0.29) is 23.4 Å². The molecule has 7 nitrogen and oxygen atoms in total. The van der Waals surface area contributed by atoms with Gasteiger partial charge in [-0.3, -0.25) is 0 Å². The standard InChI is InChI=1S/C9H12BrN5O2/c1-17-4-2-5(10)7(16)6(3-4)14-9(13)15-8(11)12/h2-3,16H,1H3,(H6,11,12,13,14,15). The van der Waals surface area contributed by atoms with Crippen molar-refractivity contribution in [3.8, 4) is 11.5 Å². The lowest BCUT2D eigenvalue weighted by Gasteiger charge is -2.06. The fraction of sp³-hybridized carbons (Fsp3) is 0.111. The summed E-state index contributed by atoms with van der Waals surface area (Å²) in [6.07, 6.45) is 0. The van der Waals surface area contributed by atoms with Crippen molar-refractivity contribution in [2.24, 2.45) is 27.2 Å². The Balaban J connectivity index is 3.22. The first-order valence-corrected chi connectivity index (χ1v) is 5.23. The molecule has 8 heteroatoms. The van der Waals surface area contributed by atoms with Gasteiger partial charge in [-0.15, -0.1) is 0 Å². The van der Waals surface area contributed by atoms with Crippen LogP contribution in [0.15, 0.2) is 26.6 Å². The van der Waals surface area contributed by atoms with Crippen LogP contribution in [0.4, 0.5) is 5.69 Å². The van der Waals surface area contributed by atoms with Crippen LogP contribution in [0.3, 0.4) is 0 Å². The summed E-state index contributed by atoms with van der Waals surface area (Å²) >= 11 is 3.15. The molecule has 0 saturated heterocycles. The highest BCUT2D eigenvalue weighted by Crippen LogP contribution is 2.38.